The molecule has 1 spiro atoms. The highest BCUT2D eigenvalue weighted by Crippen LogP contribution is 2.47. The summed E-state index contributed by atoms with van der Waals surface area (Å²) >= 11 is 9.45. The third-order valence-electron chi connectivity index (χ3n) is 4.22. The van der Waals surface area contributed by atoms with Crippen molar-refractivity contribution in [2.45, 2.75) is 24.7 Å². The number of methoxy groups -OCH3 is 1. The number of rotatable bonds is 1. The molecule has 1 aliphatic carbocycles. The second-order valence-electron chi connectivity index (χ2n) is 5.31. The molecular formula is C15H17ClN2O4S. The molecule has 2 heterocycles. The Labute approximate surface area is 144 Å². The van der Waals surface area contributed by atoms with Crippen LogP contribution < -0.4 is 5.32 Å². The van der Waals surface area contributed by atoms with Crippen LogP contribution in [0.2, 0.25) is 5.15 Å². The molecule has 3 rings (SSSR count). The van der Waals surface area contributed by atoms with Crippen LogP contribution in [0.25, 0.3) is 0 Å². The van der Waals surface area contributed by atoms with Crippen LogP contribution in [0.4, 0.5) is 5.69 Å². The van der Waals surface area contributed by atoms with E-state index in [9.17, 15) is 14.4 Å². The van der Waals surface area contributed by atoms with Crippen molar-refractivity contribution in [2.75, 3.05) is 18.7 Å². The Bertz CT molecular complexity index is 659. The zero-order valence-corrected chi connectivity index (χ0v) is 14.4. The maximum Gasteiger partial charge on any atom is 0.316 e. The number of amides is 1. The average molecular weight is 357 g/mol. The number of nitrogens with zero attached hydrogens (tertiary/aromatic N) is 1. The van der Waals surface area contributed by atoms with Crippen LogP contribution in [0.1, 0.15) is 25.0 Å². The van der Waals surface area contributed by atoms with Crippen molar-refractivity contribution >= 4 is 47.6 Å². The van der Waals surface area contributed by atoms with Gasteiger partial charge in [0.25, 0.3) is 0 Å². The van der Waals surface area contributed by atoms with Gasteiger partial charge < -0.3 is 10.1 Å². The third kappa shape index (κ3) is 2.95. The maximum absolute atomic E-state index is 12.4. The molecule has 1 fully saturated rings. The fraction of sp³-hybridized carbons (Fsp3) is 0.467. The van der Waals surface area contributed by atoms with E-state index in [1.807, 2.05) is 0 Å². The number of aromatic nitrogens is 1. The van der Waals surface area contributed by atoms with Crippen LogP contribution >= 0.6 is 24.2 Å². The molecule has 23 heavy (non-hydrogen) atoms. The lowest BCUT2D eigenvalue weighted by Crippen LogP contribution is -2.45. The summed E-state index contributed by atoms with van der Waals surface area (Å²) in [6, 6.07) is 3.27. The van der Waals surface area contributed by atoms with E-state index in [0.717, 1.165) is 0 Å². The summed E-state index contributed by atoms with van der Waals surface area (Å²) in [5.74, 6) is -1.98. The van der Waals surface area contributed by atoms with Crippen LogP contribution in [0.3, 0.4) is 0 Å². The monoisotopic (exact) mass is 356 g/mol. The molecule has 0 bridgehead atoms. The Balaban J connectivity index is 0.000000924. The lowest BCUT2D eigenvalue weighted by molar-refractivity contribution is -0.152. The van der Waals surface area contributed by atoms with Gasteiger partial charge in [0.2, 0.25) is 5.91 Å². The number of esters is 1. The van der Waals surface area contributed by atoms with Crippen LogP contribution in [-0.2, 0) is 24.5 Å². The van der Waals surface area contributed by atoms with Gasteiger partial charge in [-0.15, -0.1) is 0 Å². The number of ether oxygens (including phenoxy) is 1. The van der Waals surface area contributed by atoms with Crippen molar-refractivity contribution in [3.63, 3.8) is 0 Å². The minimum absolute atomic E-state index is 0.0741. The van der Waals surface area contributed by atoms with Gasteiger partial charge in [0.05, 0.1) is 23.9 Å². The van der Waals surface area contributed by atoms with E-state index in [1.54, 1.807) is 18.4 Å². The highest BCUT2D eigenvalue weighted by atomic mass is 35.5. The molecule has 0 saturated heterocycles. The summed E-state index contributed by atoms with van der Waals surface area (Å²) in [4.78, 5) is 40.4. The predicted molar refractivity (Wildman–Crippen MR) is 88.8 cm³/mol. The third-order valence-corrected chi connectivity index (χ3v) is 4.43. The summed E-state index contributed by atoms with van der Waals surface area (Å²) in [5.41, 5.74) is 0.122. The van der Waals surface area contributed by atoms with Gasteiger partial charge in [0, 0.05) is 6.42 Å². The number of nitrogens with one attached hydrogen (secondary N) is 1. The van der Waals surface area contributed by atoms with Crippen LogP contribution in [0.5, 0.6) is 0 Å². The quantitative estimate of drug-likeness (QED) is 0.348. The van der Waals surface area contributed by atoms with Crippen molar-refractivity contribution in [2.24, 2.45) is 5.92 Å². The molecule has 6 nitrogen and oxygen atoms in total. The Kier molecular flexibility index (Phi) is 5.31. The van der Waals surface area contributed by atoms with Crippen LogP contribution in [0, 0.1) is 5.92 Å². The molecule has 124 valence electrons. The first-order chi connectivity index (χ1) is 11.0. The van der Waals surface area contributed by atoms with E-state index in [-0.39, 0.29) is 29.7 Å². The molecule has 0 aromatic carbocycles. The largest absolute Gasteiger partial charge is 0.468 e. The van der Waals surface area contributed by atoms with Gasteiger partial charge in [-0.25, -0.2) is 4.98 Å². The Morgan fingerprint density at radius 1 is 1.43 bits per heavy atom. The van der Waals surface area contributed by atoms with E-state index in [1.165, 1.54) is 7.11 Å². The fourth-order valence-corrected chi connectivity index (χ4v) is 3.25. The minimum Gasteiger partial charge on any atom is -0.468 e. The van der Waals surface area contributed by atoms with E-state index < -0.39 is 17.3 Å². The lowest BCUT2D eigenvalue weighted by Gasteiger charge is -2.33. The van der Waals surface area contributed by atoms with Gasteiger partial charge >= 0.3 is 5.97 Å². The molecular weight excluding hydrogens is 340 g/mol. The van der Waals surface area contributed by atoms with Gasteiger partial charge in [-0.1, -0.05) is 11.6 Å². The van der Waals surface area contributed by atoms with Gasteiger partial charge in [0.15, 0.2) is 0 Å². The van der Waals surface area contributed by atoms with Gasteiger partial charge in [-0.3, -0.25) is 14.4 Å². The molecule has 1 aliphatic heterocycles. The molecule has 0 radical (unpaired) electrons. The molecule has 1 saturated carbocycles. The number of halogens is 1. The maximum atomic E-state index is 12.4. The van der Waals surface area contributed by atoms with Crippen LogP contribution in [0.15, 0.2) is 12.1 Å². The first-order valence-electron chi connectivity index (χ1n) is 7.02. The number of hydrogen-bond donors (Lipinski definition) is 2. The summed E-state index contributed by atoms with van der Waals surface area (Å²) in [7, 11) is 1.23. The SMILES string of the molecule is COC(=O)C1CC2(CCC1=O)C(=O)Nc1ccc(Cl)nc12.CS. The molecule has 1 amide bonds. The topological polar surface area (TPSA) is 85.4 Å². The Morgan fingerprint density at radius 2 is 2.13 bits per heavy atom. The Hall–Kier alpha value is -1.60. The first kappa shape index (κ1) is 17.7. The highest BCUT2D eigenvalue weighted by Gasteiger charge is 2.54. The molecule has 2 unspecified atom stereocenters. The number of fused-ring (bicyclic) bond motifs is 2. The van der Waals surface area contributed by atoms with Gasteiger partial charge in [0.1, 0.15) is 16.9 Å². The number of pyridine rings is 1. The predicted octanol–water partition coefficient (Wildman–Crippen LogP) is 2.01. The second kappa shape index (κ2) is 6.88. The summed E-state index contributed by atoms with van der Waals surface area (Å²) < 4.78 is 4.67. The zero-order valence-electron chi connectivity index (χ0n) is 12.8. The van der Waals surface area contributed by atoms with Crippen molar-refractivity contribution < 1.29 is 19.1 Å². The van der Waals surface area contributed by atoms with E-state index in [4.69, 9.17) is 11.6 Å². The Morgan fingerprint density at radius 3 is 2.78 bits per heavy atom. The number of thiol groups is 1. The molecule has 8 heteroatoms. The average Bonchev–Trinajstić information content (AvgIpc) is 2.83. The number of ketones is 1. The summed E-state index contributed by atoms with van der Waals surface area (Å²) in [5, 5.41) is 3.03. The normalized spacial score (nSPS) is 25.3. The zero-order chi connectivity index (χ0) is 17.2. The van der Waals surface area contributed by atoms with Crippen molar-refractivity contribution in [1.82, 2.24) is 4.98 Å². The van der Waals surface area contributed by atoms with E-state index in [0.29, 0.717) is 17.8 Å². The lowest BCUT2D eigenvalue weighted by atomic mass is 9.67. The molecule has 1 aromatic rings. The second-order valence-corrected chi connectivity index (χ2v) is 5.70. The van der Waals surface area contributed by atoms with E-state index in [2.05, 4.69) is 27.7 Å². The minimum atomic E-state index is -0.979. The van der Waals surface area contributed by atoms with Crippen molar-refractivity contribution in [3.05, 3.63) is 23.0 Å². The summed E-state index contributed by atoms with van der Waals surface area (Å²) in [6.45, 7) is 0. The van der Waals surface area contributed by atoms with Gasteiger partial charge in [-0.05, 0) is 31.2 Å². The number of anilines is 1. The number of hydrogen-bond acceptors (Lipinski definition) is 6. The molecule has 1 N–H and O–H groups in total. The van der Waals surface area contributed by atoms with Crippen LogP contribution in [-0.4, -0.2) is 36.0 Å². The van der Waals surface area contributed by atoms with Crippen molar-refractivity contribution in [3.8, 4) is 0 Å². The summed E-state index contributed by atoms with van der Waals surface area (Å²) in [6.07, 6.45) is 2.23. The van der Waals surface area contributed by atoms with E-state index >= 15 is 0 Å². The smallest absolute Gasteiger partial charge is 0.316 e. The molecule has 2 atom stereocenters. The fourth-order valence-electron chi connectivity index (χ4n) is 3.10. The highest BCUT2D eigenvalue weighted by molar-refractivity contribution is 7.79. The number of Topliss-reactive ketones (excluding diaryl/α,β-unsaturated/α-hetero) is 1. The standard InChI is InChI=1S/C14H13ClN2O4.CH4S/c1-21-12(19)7-6-14(5-4-9(7)18)11-8(16-13(14)20)2-3-10(15)17-11;1-2/h2-3,7H,4-6H2,1H3,(H,16,20);2H,1H3. The molecule has 2 aliphatic rings. The first-order valence-corrected chi connectivity index (χ1v) is 8.29. The molecule has 1 aromatic heterocycles. The van der Waals surface area contributed by atoms with Crippen molar-refractivity contribution in [1.29, 1.82) is 0 Å². The number of carbonyl (C=O) groups excluding carboxylic acids is 3. The van der Waals surface area contributed by atoms with Gasteiger partial charge in [-0.2, -0.15) is 12.6 Å². The number of carbonyl (C=O) groups is 3.